The molecule has 0 aliphatic carbocycles. The van der Waals surface area contributed by atoms with E-state index in [1.165, 1.54) is 11.1 Å². The summed E-state index contributed by atoms with van der Waals surface area (Å²) in [4.78, 5) is 16.5. The van der Waals surface area contributed by atoms with Crippen LogP contribution < -0.4 is 16.0 Å². The molecule has 1 aromatic rings. The summed E-state index contributed by atoms with van der Waals surface area (Å²) < 4.78 is 22.9. The van der Waals surface area contributed by atoms with Crippen LogP contribution in [0.25, 0.3) is 0 Å². The van der Waals surface area contributed by atoms with Crippen LogP contribution in [0.15, 0.2) is 29.3 Å². The van der Waals surface area contributed by atoms with E-state index in [1.54, 1.807) is 0 Å². The van der Waals surface area contributed by atoms with Crippen LogP contribution in [0.1, 0.15) is 51.7 Å². The molecule has 1 atom stereocenters. The van der Waals surface area contributed by atoms with Gasteiger partial charge in [-0.2, -0.15) is 0 Å². The van der Waals surface area contributed by atoms with Gasteiger partial charge in [-0.1, -0.05) is 45.0 Å². The first-order valence-corrected chi connectivity index (χ1v) is 12.5. The number of benzene rings is 1. The third-order valence-corrected chi connectivity index (χ3v) is 6.84. The van der Waals surface area contributed by atoms with Gasteiger partial charge in [0, 0.05) is 25.6 Å². The van der Waals surface area contributed by atoms with Crippen LogP contribution in [0, 0.1) is 0 Å². The molecule has 1 aromatic carbocycles. The number of carbonyl (C=O) groups excluding carboxylic acids is 1. The maximum Gasteiger partial charge on any atom is 0.222 e. The molecule has 1 unspecified atom stereocenters. The molecule has 0 aromatic heterocycles. The minimum Gasteiger partial charge on any atom is -0.357 e. The third kappa shape index (κ3) is 8.34. The van der Waals surface area contributed by atoms with E-state index < -0.39 is 9.84 Å². The second kappa shape index (κ2) is 10.8. The molecular formula is C22H36N4O3S. The van der Waals surface area contributed by atoms with Crippen molar-refractivity contribution in [3.8, 4) is 0 Å². The number of nitrogens with zero attached hydrogens (tertiary/aromatic N) is 1. The van der Waals surface area contributed by atoms with Crippen molar-refractivity contribution in [3.63, 3.8) is 0 Å². The van der Waals surface area contributed by atoms with E-state index in [4.69, 9.17) is 0 Å². The second-order valence-corrected chi connectivity index (χ2v) is 11.0. The Kier molecular flexibility index (Phi) is 8.70. The highest BCUT2D eigenvalue weighted by Crippen LogP contribution is 2.22. The van der Waals surface area contributed by atoms with Crippen LogP contribution in [0.2, 0.25) is 0 Å². The highest BCUT2D eigenvalue weighted by atomic mass is 32.2. The number of aliphatic imine (C=N–C) groups is 1. The molecule has 0 saturated carbocycles. The first-order valence-electron chi connectivity index (χ1n) is 10.7. The Bertz CT molecular complexity index is 827. The maximum absolute atomic E-state index is 12.0. The molecule has 1 amide bonds. The zero-order chi connectivity index (χ0) is 22.2. The van der Waals surface area contributed by atoms with Gasteiger partial charge in [0.2, 0.25) is 5.91 Å². The van der Waals surface area contributed by atoms with Crippen molar-refractivity contribution in [1.29, 1.82) is 0 Å². The topological polar surface area (TPSA) is 99.7 Å². The molecule has 1 aliphatic rings. The van der Waals surface area contributed by atoms with Crippen molar-refractivity contribution in [2.75, 3.05) is 31.1 Å². The average Bonchev–Trinajstić information content (AvgIpc) is 2.99. The summed E-state index contributed by atoms with van der Waals surface area (Å²) in [5, 5.41) is 9.27. The number of sulfone groups is 1. The number of amides is 1. The fourth-order valence-electron chi connectivity index (χ4n) is 3.32. The summed E-state index contributed by atoms with van der Waals surface area (Å²) >= 11 is 0. The van der Waals surface area contributed by atoms with Gasteiger partial charge in [-0.3, -0.25) is 9.79 Å². The summed E-state index contributed by atoms with van der Waals surface area (Å²) in [5.41, 5.74) is 2.74. The largest absolute Gasteiger partial charge is 0.357 e. The van der Waals surface area contributed by atoms with E-state index >= 15 is 0 Å². The lowest BCUT2D eigenvalue weighted by Gasteiger charge is -2.19. The zero-order valence-corrected chi connectivity index (χ0v) is 19.4. The average molecular weight is 437 g/mol. The monoisotopic (exact) mass is 436 g/mol. The normalized spacial score (nSPS) is 18.8. The van der Waals surface area contributed by atoms with Gasteiger partial charge in [-0.25, -0.2) is 8.42 Å². The Morgan fingerprint density at radius 3 is 2.43 bits per heavy atom. The van der Waals surface area contributed by atoms with Gasteiger partial charge in [0.1, 0.15) is 0 Å². The van der Waals surface area contributed by atoms with E-state index in [-0.39, 0.29) is 35.3 Å². The number of hydrogen-bond acceptors (Lipinski definition) is 4. The minimum atomic E-state index is -2.99. The van der Waals surface area contributed by atoms with Crippen LogP contribution >= 0.6 is 0 Å². The van der Waals surface area contributed by atoms with Crippen LogP contribution in [0.5, 0.6) is 0 Å². The van der Waals surface area contributed by atoms with E-state index in [9.17, 15) is 13.2 Å². The van der Waals surface area contributed by atoms with E-state index in [1.807, 2.05) is 6.92 Å². The van der Waals surface area contributed by atoms with Crippen molar-refractivity contribution in [1.82, 2.24) is 16.0 Å². The lowest BCUT2D eigenvalue weighted by Crippen LogP contribution is -2.39. The van der Waals surface area contributed by atoms with Crippen molar-refractivity contribution in [3.05, 3.63) is 35.4 Å². The van der Waals surface area contributed by atoms with E-state index in [2.05, 4.69) is 66.0 Å². The Balaban J connectivity index is 1.75. The van der Waals surface area contributed by atoms with Gasteiger partial charge in [0.15, 0.2) is 15.8 Å². The van der Waals surface area contributed by atoms with Gasteiger partial charge in [0.05, 0.1) is 18.1 Å². The summed E-state index contributed by atoms with van der Waals surface area (Å²) in [7, 11) is -2.99. The summed E-state index contributed by atoms with van der Waals surface area (Å²) in [6.45, 7) is 10.4. The zero-order valence-electron chi connectivity index (χ0n) is 18.6. The Morgan fingerprint density at radius 1 is 1.17 bits per heavy atom. The smallest absolute Gasteiger partial charge is 0.222 e. The van der Waals surface area contributed by atoms with Crippen molar-refractivity contribution in [2.24, 2.45) is 4.99 Å². The lowest BCUT2D eigenvalue weighted by molar-refractivity contribution is -0.121. The predicted octanol–water partition coefficient (Wildman–Crippen LogP) is 1.78. The van der Waals surface area contributed by atoms with Crippen molar-refractivity contribution >= 4 is 21.7 Å². The molecule has 8 heteroatoms. The lowest BCUT2D eigenvalue weighted by atomic mass is 9.86. The molecule has 2 rings (SSSR count). The summed E-state index contributed by atoms with van der Waals surface area (Å²) in [6.07, 6.45) is 1.62. The van der Waals surface area contributed by atoms with Crippen molar-refractivity contribution < 1.29 is 13.2 Å². The number of nitrogens with one attached hydrogen (secondary N) is 3. The number of carbonyl (C=O) groups is 1. The number of guanidine groups is 1. The third-order valence-electron chi connectivity index (χ3n) is 5.08. The van der Waals surface area contributed by atoms with Gasteiger partial charge < -0.3 is 16.0 Å². The molecule has 1 aliphatic heterocycles. The van der Waals surface area contributed by atoms with Gasteiger partial charge in [0.25, 0.3) is 0 Å². The van der Waals surface area contributed by atoms with Crippen LogP contribution in [0.3, 0.4) is 0 Å². The highest BCUT2D eigenvalue weighted by molar-refractivity contribution is 7.91. The Hall–Kier alpha value is -2.09. The molecule has 7 nitrogen and oxygen atoms in total. The first kappa shape index (κ1) is 24.2. The summed E-state index contributed by atoms with van der Waals surface area (Å²) in [6, 6.07) is 8.44. The molecule has 0 bridgehead atoms. The van der Waals surface area contributed by atoms with Crippen LogP contribution in [0.4, 0.5) is 0 Å². The Morgan fingerprint density at radius 2 is 1.87 bits per heavy atom. The maximum atomic E-state index is 12.0. The van der Waals surface area contributed by atoms with Crippen LogP contribution in [-0.2, 0) is 26.5 Å². The second-order valence-electron chi connectivity index (χ2n) is 8.80. The molecule has 30 heavy (non-hydrogen) atoms. The van der Waals surface area contributed by atoms with Gasteiger partial charge >= 0.3 is 0 Å². The first-order chi connectivity index (χ1) is 14.1. The minimum absolute atomic E-state index is 0.0446. The molecule has 3 N–H and O–H groups in total. The standard InChI is InChI=1S/C22H36N4O3S/c1-5-23-21(24-13-10-17-6-8-18(9-7-17)22(2,3)4)25-14-11-20(27)26-19-12-15-30(28,29)16-19/h6-9,19H,5,10-16H2,1-4H3,(H,26,27)(H2,23,24,25). The number of hydrogen-bond donors (Lipinski definition) is 3. The van der Waals surface area contributed by atoms with E-state index in [0.717, 1.165) is 19.5 Å². The quantitative estimate of drug-likeness (QED) is 0.426. The highest BCUT2D eigenvalue weighted by Gasteiger charge is 2.28. The fourth-order valence-corrected chi connectivity index (χ4v) is 4.99. The van der Waals surface area contributed by atoms with Gasteiger partial charge in [-0.15, -0.1) is 0 Å². The SMILES string of the molecule is CCNC(=NCCC(=O)NC1CCS(=O)(=O)C1)NCCc1ccc(C(C)(C)C)cc1. The van der Waals surface area contributed by atoms with Crippen molar-refractivity contribution in [2.45, 2.75) is 58.4 Å². The molecule has 0 radical (unpaired) electrons. The van der Waals surface area contributed by atoms with Gasteiger partial charge in [-0.05, 0) is 36.3 Å². The summed E-state index contributed by atoms with van der Waals surface area (Å²) in [5.74, 6) is 0.725. The molecule has 168 valence electrons. The molecular weight excluding hydrogens is 400 g/mol. The van der Waals surface area contributed by atoms with Crippen LogP contribution in [-0.4, -0.2) is 57.5 Å². The predicted molar refractivity (Wildman–Crippen MR) is 123 cm³/mol. The Labute approximate surface area is 181 Å². The molecule has 1 fully saturated rings. The molecule has 1 saturated heterocycles. The molecule has 0 spiro atoms. The fraction of sp³-hybridized carbons (Fsp3) is 0.636. The number of rotatable bonds is 8. The molecule has 1 heterocycles. The van der Waals surface area contributed by atoms with E-state index in [0.29, 0.717) is 18.9 Å².